The van der Waals surface area contributed by atoms with Gasteiger partial charge < -0.3 is 5.73 Å². The van der Waals surface area contributed by atoms with Crippen molar-refractivity contribution in [1.29, 1.82) is 0 Å². The molecular weight excluding hydrogens is 242 g/mol. The molecule has 0 aliphatic carbocycles. The Labute approximate surface area is 104 Å². The number of carbonyl (C=O) groups excluding carboxylic acids is 1. The second-order valence-corrected chi connectivity index (χ2v) is 3.76. The van der Waals surface area contributed by atoms with Gasteiger partial charge >= 0.3 is 0 Å². The summed E-state index contributed by atoms with van der Waals surface area (Å²) in [5.74, 6) is -2.53. The summed E-state index contributed by atoms with van der Waals surface area (Å²) in [6, 6.07) is 1.33. The Bertz CT molecular complexity index is 450. The van der Waals surface area contributed by atoms with Gasteiger partial charge in [-0.15, -0.1) is 0 Å². The molecule has 0 atom stereocenters. The van der Waals surface area contributed by atoms with Gasteiger partial charge in [-0.3, -0.25) is 9.63 Å². The van der Waals surface area contributed by atoms with Gasteiger partial charge in [0.15, 0.2) is 11.6 Å². The molecule has 0 spiro atoms. The van der Waals surface area contributed by atoms with Crippen molar-refractivity contribution in [2.75, 3.05) is 13.2 Å². The normalized spacial score (nSPS) is 10.5. The van der Waals surface area contributed by atoms with Crippen molar-refractivity contribution in [3.63, 3.8) is 0 Å². The van der Waals surface area contributed by atoms with Crippen molar-refractivity contribution in [2.24, 2.45) is 5.73 Å². The first-order valence-corrected chi connectivity index (χ1v) is 5.62. The highest BCUT2D eigenvalue weighted by molar-refractivity contribution is 5.95. The summed E-state index contributed by atoms with van der Waals surface area (Å²) in [7, 11) is 0. The Kier molecular flexibility index (Phi) is 5.18. The summed E-state index contributed by atoms with van der Waals surface area (Å²) < 4.78 is 27.0. The van der Waals surface area contributed by atoms with Crippen LogP contribution in [0.25, 0.3) is 0 Å². The average Bonchev–Trinajstić information content (AvgIpc) is 2.36. The van der Waals surface area contributed by atoms with E-state index in [-0.39, 0.29) is 29.8 Å². The topological polar surface area (TPSA) is 64.3 Å². The zero-order valence-corrected chi connectivity index (χ0v) is 10.3. The van der Waals surface area contributed by atoms with Gasteiger partial charge in [0.25, 0.3) is 5.91 Å². The summed E-state index contributed by atoms with van der Waals surface area (Å²) in [5.41, 5.74) is 7.49. The molecule has 18 heavy (non-hydrogen) atoms. The number of benzene rings is 1. The maximum Gasteiger partial charge on any atom is 0.275 e. The van der Waals surface area contributed by atoms with E-state index >= 15 is 0 Å². The molecule has 1 aromatic rings. The van der Waals surface area contributed by atoms with Crippen molar-refractivity contribution in [3.05, 3.63) is 34.4 Å². The molecule has 1 rings (SSSR count). The molecule has 0 aliphatic rings. The van der Waals surface area contributed by atoms with Crippen LogP contribution in [0, 0.1) is 18.6 Å². The van der Waals surface area contributed by atoms with E-state index in [1.54, 1.807) is 6.92 Å². The van der Waals surface area contributed by atoms with E-state index in [4.69, 9.17) is 10.6 Å². The lowest BCUT2D eigenvalue weighted by Gasteiger charge is -2.11. The lowest BCUT2D eigenvalue weighted by Crippen LogP contribution is -2.27. The van der Waals surface area contributed by atoms with Gasteiger partial charge in [0.2, 0.25) is 0 Å². The molecule has 0 unspecified atom stereocenters. The zero-order valence-electron chi connectivity index (χ0n) is 10.3. The van der Waals surface area contributed by atoms with Crippen LogP contribution in [0.5, 0.6) is 0 Å². The molecule has 0 fully saturated rings. The lowest BCUT2D eigenvalue weighted by molar-refractivity contribution is 0.0342. The van der Waals surface area contributed by atoms with Gasteiger partial charge in [0.1, 0.15) is 0 Å². The SMILES string of the molecule is CCc1cc(C(=O)NOCCN)c(C)c(F)c1F. The summed E-state index contributed by atoms with van der Waals surface area (Å²) in [4.78, 5) is 16.5. The number of amides is 1. The van der Waals surface area contributed by atoms with Crippen molar-refractivity contribution < 1.29 is 18.4 Å². The Balaban J connectivity index is 3.01. The minimum Gasteiger partial charge on any atom is -0.328 e. The minimum atomic E-state index is -1.00. The van der Waals surface area contributed by atoms with Crippen LogP contribution in [-0.2, 0) is 11.3 Å². The number of hydrogen-bond donors (Lipinski definition) is 2. The van der Waals surface area contributed by atoms with E-state index in [0.717, 1.165) is 0 Å². The molecule has 100 valence electrons. The first-order chi connectivity index (χ1) is 8.52. The van der Waals surface area contributed by atoms with Gasteiger partial charge in [-0.2, -0.15) is 0 Å². The predicted molar refractivity (Wildman–Crippen MR) is 62.9 cm³/mol. The molecule has 3 N–H and O–H groups in total. The monoisotopic (exact) mass is 258 g/mol. The smallest absolute Gasteiger partial charge is 0.275 e. The van der Waals surface area contributed by atoms with Crippen LogP contribution in [0.15, 0.2) is 6.07 Å². The van der Waals surface area contributed by atoms with E-state index in [1.807, 2.05) is 0 Å². The second-order valence-electron chi connectivity index (χ2n) is 3.76. The maximum atomic E-state index is 13.6. The fourth-order valence-corrected chi connectivity index (χ4v) is 1.49. The Morgan fingerprint density at radius 3 is 2.67 bits per heavy atom. The lowest BCUT2D eigenvalue weighted by atomic mass is 10.0. The van der Waals surface area contributed by atoms with Crippen LogP contribution in [0.2, 0.25) is 0 Å². The summed E-state index contributed by atoms with van der Waals surface area (Å²) in [6.45, 7) is 3.42. The second kappa shape index (κ2) is 6.42. The number of nitrogens with two attached hydrogens (primary N) is 1. The third-order valence-electron chi connectivity index (χ3n) is 2.54. The predicted octanol–water partition coefficient (Wildman–Crippen LogP) is 1.46. The number of nitrogens with one attached hydrogen (secondary N) is 1. The minimum absolute atomic E-state index is 0.0430. The standard InChI is InChI=1S/C12H16F2N2O2/c1-3-8-6-9(7(2)10(13)11(8)14)12(17)16-18-5-4-15/h6H,3-5,15H2,1-2H3,(H,16,17). The van der Waals surface area contributed by atoms with Gasteiger partial charge in [-0.1, -0.05) is 6.92 Å². The maximum absolute atomic E-state index is 13.6. The molecule has 4 nitrogen and oxygen atoms in total. The fraction of sp³-hybridized carbons (Fsp3) is 0.417. The molecule has 0 bridgehead atoms. The highest BCUT2D eigenvalue weighted by atomic mass is 19.2. The molecule has 0 radical (unpaired) electrons. The number of hydrogen-bond acceptors (Lipinski definition) is 3. The summed E-state index contributed by atoms with van der Waals surface area (Å²) in [5, 5.41) is 0. The van der Waals surface area contributed by atoms with E-state index in [2.05, 4.69) is 5.48 Å². The number of halogens is 2. The number of carbonyl (C=O) groups is 1. The molecule has 1 aromatic carbocycles. The van der Waals surface area contributed by atoms with Crippen LogP contribution in [0.3, 0.4) is 0 Å². The van der Waals surface area contributed by atoms with Crippen molar-refractivity contribution in [2.45, 2.75) is 20.3 Å². The third-order valence-corrected chi connectivity index (χ3v) is 2.54. The van der Waals surface area contributed by atoms with Crippen molar-refractivity contribution >= 4 is 5.91 Å². The van der Waals surface area contributed by atoms with Crippen molar-refractivity contribution in [3.8, 4) is 0 Å². The van der Waals surface area contributed by atoms with E-state index in [9.17, 15) is 13.6 Å². The molecule has 0 aromatic heterocycles. The van der Waals surface area contributed by atoms with Gasteiger partial charge in [0.05, 0.1) is 6.61 Å². The van der Waals surface area contributed by atoms with Crippen molar-refractivity contribution in [1.82, 2.24) is 5.48 Å². The number of hydroxylamine groups is 1. The highest BCUT2D eigenvalue weighted by Crippen LogP contribution is 2.20. The zero-order chi connectivity index (χ0) is 13.7. The average molecular weight is 258 g/mol. The van der Waals surface area contributed by atoms with Crippen LogP contribution < -0.4 is 11.2 Å². The molecule has 0 saturated carbocycles. The third kappa shape index (κ3) is 3.02. The van der Waals surface area contributed by atoms with E-state index < -0.39 is 17.5 Å². The first-order valence-electron chi connectivity index (χ1n) is 5.62. The van der Waals surface area contributed by atoms with E-state index in [0.29, 0.717) is 6.42 Å². The molecule has 1 amide bonds. The number of rotatable bonds is 5. The first kappa shape index (κ1) is 14.5. The van der Waals surface area contributed by atoms with Crippen LogP contribution in [0.1, 0.15) is 28.4 Å². The van der Waals surface area contributed by atoms with Crippen LogP contribution in [0.4, 0.5) is 8.78 Å². The van der Waals surface area contributed by atoms with Gasteiger partial charge in [0, 0.05) is 17.7 Å². The fourth-order valence-electron chi connectivity index (χ4n) is 1.49. The Hall–Kier alpha value is -1.53. The summed E-state index contributed by atoms with van der Waals surface area (Å²) >= 11 is 0. The molecule has 6 heteroatoms. The Morgan fingerprint density at radius 1 is 1.44 bits per heavy atom. The summed E-state index contributed by atoms with van der Waals surface area (Å²) in [6.07, 6.45) is 0.299. The van der Waals surface area contributed by atoms with Gasteiger partial charge in [-0.05, 0) is 25.0 Å². The highest BCUT2D eigenvalue weighted by Gasteiger charge is 2.18. The Morgan fingerprint density at radius 2 is 2.11 bits per heavy atom. The number of aryl methyl sites for hydroxylation is 1. The largest absolute Gasteiger partial charge is 0.328 e. The van der Waals surface area contributed by atoms with E-state index in [1.165, 1.54) is 13.0 Å². The molecule has 0 aliphatic heterocycles. The van der Waals surface area contributed by atoms with Gasteiger partial charge in [-0.25, -0.2) is 14.3 Å². The van der Waals surface area contributed by atoms with Crippen LogP contribution in [-0.4, -0.2) is 19.1 Å². The quantitative estimate of drug-likeness (QED) is 0.620. The molecular formula is C12H16F2N2O2. The molecule has 0 saturated heterocycles. The molecule has 0 heterocycles. The van der Waals surface area contributed by atoms with Crippen LogP contribution >= 0.6 is 0 Å².